The van der Waals surface area contributed by atoms with Gasteiger partial charge in [0.05, 0.1) is 0 Å². The number of thioether (sulfide) groups is 1. The maximum Gasteiger partial charge on any atom is 0.320 e. The Labute approximate surface area is 109 Å². The topological polar surface area (TPSA) is 49.3 Å². The molecule has 1 rings (SSSR count). The van der Waals surface area contributed by atoms with E-state index in [1.165, 1.54) is 6.07 Å². The van der Waals surface area contributed by atoms with Crippen LogP contribution in [-0.2, 0) is 11.3 Å². The first-order chi connectivity index (χ1) is 8.54. The van der Waals surface area contributed by atoms with Crippen LogP contribution in [0.1, 0.15) is 12.0 Å². The van der Waals surface area contributed by atoms with E-state index in [1.54, 1.807) is 11.8 Å². The molecule has 2 N–H and O–H groups in total. The molecule has 1 aromatic rings. The molecule has 18 heavy (non-hydrogen) atoms. The van der Waals surface area contributed by atoms with Gasteiger partial charge in [0.1, 0.15) is 17.7 Å². The van der Waals surface area contributed by atoms with Gasteiger partial charge in [-0.05, 0) is 24.5 Å². The number of benzene rings is 1. The second-order valence-corrected chi connectivity index (χ2v) is 4.77. The van der Waals surface area contributed by atoms with Crippen molar-refractivity contribution in [1.82, 2.24) is 5.32 Å². The Bertz CT molecular complexity index is 415. The molecule has 0 aromatic heterocycles. The summed E-state index contributed by atoms with van der Waals surface area (Å²) in [7, 11) is 0. The molecule has 0 amide bonds. The van der Waals surface area contributed by atoms with Crippen molar-refractivity contribution in [1.29, 1.82) is 0 Å². The Hall–Kier alpha value is -1.14. The van der Waals surface area contributed by atoms with Gasteiger partial charge in [-0.3, -0.25) is 4.79 Å². The summed E-state index contributed by atoms with van der Waals surface area (Å²) in [6.07, 6.45) is 2.35. The Morgan fingerprint density at radius 2 is 2.22 bits per heavy atom. The summed E-state index contributed by atoms with van der Waals surface area (Å²) in [5.74, 6) is -1.58. The summed E-state index contributed by atoms with van der Waals surface area (Å²) >= 11 is 1.55. The van der Waals surface area contributed by atoms with E-state index in [-0.39, 0.29) is 12.1 Å². The quantitative estimate of drug-likeness (QED) is 0.801. The highest BCUT2D eigenvalue weighted by molar-refractivity contribution is 7.98. The third-order valence-corrected chi connectivity index (χ3v) is 3.11. The molecule has 0 saturated carbocycles. The van der Waals surface area contributed by atoms with E-state index >= 15 is 0 Å². The van der Waals surface area contributed by atoms with Crippen LogP contribution in [-0.4, -0.2) is 29.1 Å². The summed E-state index contributed by atoms with van der Waals surface area (Å²) < 4.78 is 26.0. The van der Waals surface area contributed by atoms with Crippen LogP contribution in [0.2, 0.25) is 0 Å². The lowest BCUT2D eigenvalue weighted by Crippen LogP contribution is -2.36. The number of carboxylic acids is 1. The molecular weight excluding hydrogens is 260 g/mol. The van der Waals surface area contributed by atoms with Crippen molar-refractivity contribution < 1.29 is 18.7 Å². The van der Waals surface area contributed by atoms with Crippen LogP contribution in [0, 0.1) is 11.6 Å². The summed E-state index contributed by atoms with van der Waals surface area (Å²) in [5, 5.41) is 11.7. The number of halogens is 2. The van der Waals surface area contributed by atoms with Crippen LogP contribution in [0.4, 0.5) is 8.78 Å². The van der Waals surface area contributed by atoms with E-state index in [4.69, 9.17) is 5.11 Å². The first-order valence-corrected chi connectivity index (χ1v) is 6.83. The van der Waals surface area contributed by atoms with Crippen molar-refractivity contribution >= 4 is 17.7 Å². The standard InChI is InChI=1S/C12H15F2NO2S/c1-18-5-4-11(12(16)17)15-7-8-2-3-9(13)6-10(8)14/h2-3,6,11,15H,4-5,7H2,1H3,(H,16,17). The largest absolute Gasteiger partial charge is 0.480 e. The normalized spacial score (nSPS) is 12.4. The number of hydrogen-bond acceptors (Lipinski definition) is 3. The molecule has 0 aliphatic heterocycles. The SMILES string of the molecule is CSCCC(NCc1ccc(F)cc1F)C(=O)O. The Morgan fingerprint density at radius 3 is 2.78 bits per heavy atom. The van der Waals surface area contributed by atoms with Crippen molar-refractivity contribution in [3.8, 4) is 0 Å². The fourth-order valence-electron chi connectivity index (χ4n) is 1.45. The van der Waals surface area contributed by atoms with Gasteiger partial charge in [-0.15, -0.1) is 0 Å². The first-order valence-electron chi connectivity index (χ1n) is 5.43. The molecule has 0 spiro atoms. The fourth-order valence-corrected chi connectivity index (χ4v) is 1.92. The minimum atomic E-state index is -0.966. The first kappa shape index (κ1) is 14.9. The maximum atomic E-state index is 13.3. The van der Waals surface area contributed by atoms with Crippen molar-refractivity contribution in [3.63, 3.8) is 0 Å². The lowest BCUT2D eigenvalue weighted by atomic mass is 10.1. The monoisotopic (exact) mass is 275 g/mol. The van der Waals surface area contributed by atoms with Gasteiger partial charge >= 0.3 is 5.97 Å². The van der Waals surface area contributed by atoms with Gasteiger partial charge in [-0.25, -0.2) is 8.78 Å². The minimum Gasteiger partial charge on any atom is -0.480 e. The predicted molar refractivity (Wildman–Crippen MR) is 67.6 cm³/mol. The molecule has 0 fully saturated rings. The van der Waals surface area contributed by atoms with Crippen molar-refractivity contribution in [2.75, 3.05) is 12.0 Å². The van der Waals surface area contributed by atoms with E-state index in [1.807, 2.05) is 6.26 Å². The van der Waals surface area contributed by atoms with Crippen molar-refractivity contribution in [2.45, 2.75) is 19.0 Å². The molecule has 0 saturated heterocycles. The van der Waals surface area contributed by atoms with Crippen LogP contribution in [0.5, 0.6) is 0 Å². The highest BCUT2D eigenvalue weighted by Crippen LogP contribution is 2.10. The lowest BCUT2D eigenvalue weighted by molar-refractivity contribution is -0.139. The van der Waals surface area contributed by atoms with Gasteiger partial charge in [0.25, 0.3) is 0 Å². The maximum absolute atomic E-state index is 13.3. The lowest BCUT2D eigenvalue weighted by Gasteiger charge is -2.14. The molecule has 3 nitrogen and oxygen atoms in total. The molecule has 0 bridgehead atoms. The molecule has 0 aliphatic rings. The molecule has 1 unspecified atom stereocenters. The Morgan fingerprint density at radius 1 is 1.50 bits per heavy atom. The van der Waals surface area contributed by atoms with Crippen molar-refractivity contribution in [2.24, 2.45) is 0 Å². The van der Waals surface area contributed by atoms with E-state index in [9.17, 15) is 13.6 Å². The molecule has 1 atom stereocenters. The molecule has 1 aromatic carbocycles. The van der Waals surface area contributed by atoms with E-state index < -0.39 is 23.6 Å². The highest BCUT2D eigenvalue weighted by Gasteiger charge is 2.16. The zero-order valence-corrected chi connectivity index (χ0v) is 10.8. The van der Waals surface area contributed by atoms with Crippen LogP contribution in [0.15, 0.2) is 18.2 Å². The zero-order valence-electron chi connectivity index (χ0n) is 9.95. The van der Waals surface area contributed by atoms with Gasteiger partial charge in [0.15, 0.2) is 0 Å². The van der Waals surface area contributed by atoms with Gasteiger partial charge in [0.2, 0.25) is 0 Å². The van der Waals surface area contributed by atoms with Gasteiger partial charge in [0, 0.05) is 18.2 Å². The smallest absolute Gasteiger partial charge is 0.320 e. The summed E-state index contributed by atoms with van der Waals surface area (Å²) in [6.45, 7) is 0.0669. The van der Waals surface area contributed by atoms with Gasteiger partial charge in [-0.2, -0.15) is 11.8 Å². The van der Waals surface area contributed by atoms with E-state index in [0.29, 0.717) is 12.2 Å². The number of carbonyl (C=O) groups is 1. The third-order valence-electron chi connectivity index (χ3n) is 2.46. The fraction of sp³-hybridized carbons (Fsp3) is 0.417. The number of aliphatic carboxylic acids is 1. The number of rotatable bonds is 7. The Kier molecular flexibility index (Phi) is 6.07. The third kappa shape index (κ3) is 4.62. The molecule has 6 heteroatoms. The molecule has 0 aliphatic carbocycles. The molecule has 100 valence electrons. The van der Waals surface area contributed by atoms with Gasteiger partial charge < -0.3 is 10.4 Å². The van der Waals surface area contributed by atoms with E-state index in [0.717, 1.165) is 12.1 Å². The number of nitrogens with one attached hydrogen (secondary N) is 1. The predicted octanol–water partition coefficient (Wildman–Crippen LogP) is 2.26. The highest BCUT2D eigenvalue weighted by atomic mass is 32.2. The summed E-state index contributed by atoms with van der Waals surface area (Å²) in [5.41, 5.74) is 0.256. The average molecular weight is 275 g/mol. The molecular formula is C12H15F2NO2S. The van der Waals surface area contributed by atoms with Crippen LogP contribution in [0.25, 0.3) is 0 Å². The van der Waals surface area contributed by atoms with Gasteiger partial charge in [-0.1, -0.05) is 6.07 Å². The zero-order chi connectivity index (χ0) is 13.5. The van der Waals surface area contributed by atoms with Crippen LogP contribution >= 0.6 is 11.8 Å². The Balaban J connectivity index is 2.58. The van der Waals surface area contributed by atoms with E-state index in [2.05, 4.69) is 5.32 Å². The molecule has 0 radical (unpaired) electrons. The second kappa shape index (κ2) is 7.33. The summed E-state index contributed by atoms with van der Waals surface area (Å²) in [6, 6.07) is 2.53. The minimum absolute atomic E-state index is 0.0669. The number of carboxylic acid groups (broad SMARTS) is 1. The number of hydrogen-bond donors (Lipinski definition) is 2. The van der Waals surface area contributed by atoms with Crippen molar-refractivity contribution in [3.05, 3.63) is 35.4 Å². The average Bonchev–Trinajstić information content (AvgIpc) is 2.31. The summed E-state index contributed by atoms with van der Waals surface area (Å²) in [4.78, 5) is 10.9. The van der Waals surface area contributed by atoms with Crippen LogP contribution < -0.4 is 5.32 Å². The van der Waals surface area contributed by atoms with Crippen LogP contribution in [0.3, 0.4) is 0 Å². The molecule has 0 heterocycles. The second-order valence-electron chi connectivity index (χ2n) is 3.79.